The summed E-state index contributed by atoms with van der Waals surface area (Å²) in [5.74, 6) is -0.543. The number of hydrogen-bond donors (Lipinski definition) is 1. The van der Waals surface area contributed by atoms with Crippen LogP contribution in [0.3, 0.4) is 0 Å². The lowest BCUT2D eigenvalue weighted by atomic mass is 10.0. The minimum atomic E-state index is -0.236. The third-order valence-corrected chi connectivity index (χ3v) is 3.45. The van der Waals surface area contributed by atoms with Gasteiger partial charge in [0.15, 0.2) is 11.6 Å². The van der Waals surface area contributed by atoms with Gasteiger partial charge in [0.1, 0.15) is 5.75 Å². The first-order chi connectivity index (χ1) is 10.5. The maximum Gasteiger partial charge on any atom is 0.185 e. The summed E-state index contributed by atoms with van der Waals surface area (Å²) in [6.45, 7) is 1.71. The third kappa shape index (κ3) is 3.83. The van der Waals surface area contributed by atoms with Crippen LogP contribution in [0.25, 0.3) is 6.08 Å². The van der Waals surface area contributed by atoms with Crippen LogP contribution in [0.5, 0.6) is 5.75 Å². The number of benzene rings is 2. The predicted octanol–water partition coefficient (Wildman–Crippen LogP) is 4.53. The molecule has 0 unspecified atom stereocenters. The van der Waals surface area contributed by atoms with Gasteiger partial charge in [-0.25, -0.2) is 0 Å². The number of ketones is 2. The minimum absolute atomic E-state index is 0.106. The largest absolute Gasteiger partial charge is 0.507 e. The zero-order valence-corrected chi connectivity index (χ0v) is 12.8. The van der Waals surface area contributed by atoms with Gasteiger partial charge in [-0.1, -0.05) is 36.7 Å². The molecular formula is C18H15ClO3. The molecule has 3 nitrogen and oxygen atoms in total. The third-order valence-electron chi connectivity index (χ3n) is 3.20. The number of aromatic hydroxyl groups is 1. The first-order valence-electron chi connectivity index (χ1n) is 6.85. The van der Waals surface area contributed by atoms with Crippen LogP contribution in [0, 0.1) is 0 Å². The van der Waals surface area contributed by atoms with Gasteiger partial charge in [-0.3, -0.25) is 9.59 Å². The summed E-state index contributed by atoms with van der Waals surface area (Å²) in [5, 5.41) is 10.3. The molecule has 0 aromatic heterocycles. The lowest BCUT2D eigenvalue weighted by Crippen LogP contribution is -2.01. The Kier molecular flexibility index (Phi) is 5.12. The van der Waals surface area contributed by atoms with E-state index in [1.165, 1.54) is 24.3 Å². The lowest BCUT2D eigenvalue weighted by Gasteiger charge is -2.04. The van der Waals surface area contributed by atoms with Crippen molar-refractivity contribution in [3.8, 4) is 5.75 Å². The zero-order chi connectivity index (χ0) is 16.1. The summed E-state index contributed by atoms with van der Waals surface area (Å²) in [7, 11) is 0. The molecule has 0 spiro atoms. The van der Waals surface area contributed by atoms with E-state index in [0.29, 0.717) is 10.6 Å². The minimum Gasteiger partial charge on any atom is -0.507 e. The maximum absolute atomic E-state index is 12.2. The summed E-state index contributed by atoms with van der Waals surface area (Å²) in [6, 6.07) is 11.4. The van der Waals surface area contributed by atoms with Crippen LogP contribution in [0.1, 0.15) is 39.6 Å². The topological polar surface area (TPSA) is 54.4 Å². The van der Waals surface area contributed by atoms with E-state index in [2.05, 4.69) is 0 Å². The lowest BCUT2D eigenvalue weighted by molar-refractivity contribution is 0.0985. The standard InChI is InChI=1S/C18H15ClO3/c1-2-16(20)15-11-13(6-10-18(15)22)17(21)9-5-12-3-7-14(19)8-4-12/h3-11,22H,2H2,1H3/b9-5+. The first kappa shape index (κ1) is 16.0. The Bertz CT molecular complexity index is 730. The van der Waals surface area contributed by atoms with Crippen molar-refractivity contribution >= 4 is 29.2 Å². The molecule has 0 saturated heterocycles. The second-order valence-electron chi connectivity index (χ2n) is 4.76. The molecule has 2 rings (SSSR count). The van der Waals surface area contributed by atoms with Gasteiger partial charge < -0.3 is 5.11 Å². The maximum atomic E-state index is 12.2. The normalized spacial score (nSPS) is 10.8. The Morgan fingerprint density at radius 3 is 2.45 bits per heavy atom. The molecule has 1 N–H and O–H groups in total. The zero-order valence-electron chi connectivity index (χ0n) is 12.0. The van der Waals surface area contributed by atoms with Gasteiger partial charge in [-0.2, -0.15) is 0 Å². The van der Waals surface area contributed by atoms with Crippen LogP contribution in [0.2, 0.25) is 5.02 Å². The Hall–Kier alpha value is -2.39. The van der Waals surface area contributed by atoms with Crippen molar-refractivity contribution in [2.45, 2.75) is 13.3 Å². The van der Waals surface area contributed by atoms with Gasteiger partial charge in [0, 0.05) is 17.0 Å². The fourth-order valence-corrected chi connectivity index (χ4v) is 2.07. The van der Waals surface area contributed by atoms with E-state index in [0.717, 1.165) is 5.56 Å². The molecule has 2 aromatic rings. The van der Waals surface area contributed by atoms with Crippen LogP contribution in [-0.2, 0) is 0 Å². The summed E-state index contributed by atoms with van der Waals surface area (Å²) in [6.07, 6.45) is 3.37. The highest BCUT2D eigenvalue weighted by Gasteiger charge is 2.12. The van der Waals surface area contributed by atoms with Crippen LogP contribution in [0.15, 0.2) is 48.5 Å². The van der Waals surface area contributed by atoms with Crippen molar-refractivity contribution in [1.82, 2.24) is 0 Å². The van der Waals surface area contributed by atoms with Gasteiger partial charge in [0.25, 0.3) is 0 Å². The fourth-order valence-electron chi connectivity index (χ4n) is 1.95. The fraction of sp³-hybridized carbons (Fsp3) is 0.111. The van der Waals surface area contributed by atoms with Crippen LogP contribution in [0.4, 0.5) is 0 Å². The molecule has 22 heavy (non-hydrogen) atoms. The highest BCUT2D eigenvalue weighted by molar-refractivity contribution is 6.30. The predicted molar refractivity (Wildman–Crippen MR) is 87.5 cm³/mol. The van der Waals surface area contributed by atoms with Gasteiger partial charge in [0.2, 0.25) is 0 Å². The summed E-state index contributed by atoms with van der Waals surface area (Å²) >= 11 is 5.80. The van der Waals surface area contributed by atoms with E-state index in [1.807, 2.05) is 0 Å². The summed E-state index contributed by atoms with van der Waals surface area (Å²) in [4.78, 5) is 23.9. The van der Waals surface area contributed by atoms with Crippen molar-refractivity contribution in [2.24, 2.45) is 0 Å². The summed E-state index contributed by atoms with van der Waals surface area (Å²) < 4.78 is 0. The molecule has 0 aliphatic carbocycles. The molecule has 0 saturated carbocycles. The first-order valence-corrected chi connectivity index (χ1v) is 7.23. The Morgan fingerprint density at radius 2 is 1.82 bits per heavy atom. The van der Waals surface area contributed by atoms with Crippen molar-refractivity contribution < 1.29 is 14.7 Å². The Morgan fingerprint density at radius 1 is 1.14 bits per heavy atom. The van der Waals surface area contributed by atoms with Crippen molar-refractivity contribution in [2.75, 3.05) is 0 Å². The molecule has 0 heterocycles. The number of carbonyl (C=O) groups excluding carboxylic acids is 2. The number of halogens is 1. The monoisotopic (exact) mass is 314 g/mol. The van der Waals surface area contributed by atoms with Gasteiger partial charge >= 0.3 is 0 Å². The second kappa shape index (κ2) is 7.05. The smallest absolute Gasteiger partial charge is 0.185 e. The van der Waals surface area contributed by atoms with Gasteiger partial charge in [-0.05, 0) is 42.0 Å². The SMILES string of the molecule is CCC(=O)c1cc(C(=O)/C=C/c2ccc(Cl)cc2)ccc1O. The van der Waals surface area contributed by atoms with Crippen molar-refractivity contribution in [3.05, 3.63) is 70.3 Å². The van der Waals surface area contributed by atoms with Crippen molar-refractivity contribution in [1.29, 1.82) is 0 Å². The van der Waals surface area contributed by atoms with Crippen LogP contribution >= 0.6 is 11.6 Å². The van der Waals surface area contributed by atoms with E-state index in [1.54, 1.807) is 37.3 Å². The molecular weight excluding hydrogens is 300 g/mol. The number of rotatable bonds is 5. The highest BCUT2D eigenvalue weighted by atomic mass is 35.5. The quantitative estimate of drug-likeness (QED) is 0.651. The number of allylic oxidation sites excluding steroid dienone is 1. The average molecular weight is 315 g/mol. The van der Waals surface area contributed by atoms with E-state index in [-0.39, 0.29) is 29.3 Å². The molecule has 0 aliphatic heterocycles. The molecule has 4 heteroatoms. The number of hydrogen-bond acceptors (Lipinski definition) is 3. The molecule has 0 atom stereocenters. The number of phenols is 1. The number of phenolic OH excluding ortho intramolecular Hbond substituents is 1. The number of Topliss-reactive ketones (excluding diaryl/α,β-unsaturated/α-hetero) is 1. The van der Waals surface area contributed by atoms with E-state index >= 15 is 0 Å². The van der Waals surface area contributed by atoms with Gasteiger partial charge in [0.05, 0.1) is 5.56 Å². The molecule has 0 bridgehead atoms. The Labute approximate surface area is 133 Å². The number of carbonyl (C=O) groups is 2. The van der Waals surface area contributed by atoms with Gasteiger partial charge in [-0.15, -0.1) is 0 Å². The van der Waals surface area contributed by atoms with Crippen molar-refractivity contribution in [3.63, 3.8) is 0 Å². The molecule has 0 amide bonds. The van der Waals surface area contributed by atoms with Crippen LogP contribution in [-0.4, -0.2) is 16.7 Å². The Balaban J connectivity index is 2.22. The molecule has 112 valence electrons. The van der Waals surface area contributed by atoms with E-state index < -0.39 is 0 Å². The average Bonchev–Trinajstić information content (AvgIpc) is 2.53. The second-order valence-corrected chi connectivity index (χ2v) is 5.19. The molecule has 0 aliphatic rings. The van der Waals surface area contributed by atoms with Crippen LogP contribution < -0.4 is 0 Å². The summed E-state index contributed by atoms with van der Waals surface area (Å²) in [5.41, 5.74) is 1.38. The molecule has 2 aromatic carbocycles. The molecule has 0 fully saturated rings. The van der Waals surface area contributed by atoms with E-state index in [4.69, 9.17) is 11.6 Å². The highest BCUT2D eigenvalue weighted by Crippen LogP contribution is 2.21. The van der Waals surface area contributed by atoms with E-state index in [9.17, 15) is 14.7 Å². The molecule has 0 radical (unpaired) electrons.